The molecule has 0 atom stereocenters. The first kappa shape index (κ1) is 18.2. The third-order valence-electron chi connectivity index (χ3n) is 4.27. The molecule has 1 aliphatic heterocycles. The van der Waals surface area contributed by atoms with Crippen LogP contribution in [0.15, 0.2) is 70.2 Å². The van der Waals surface area contributed by atoms with E-state index in [1.165, 1.54) is 0 Å². The van der Waals surface area contributed by atoms with E-state index in [2.05, 4.69) is 33.1 Å². The molecular weight excluding hydrogens is 370 g/mol. The summed E-state index contributed by atoms with van der Waals surface area (Å²) in [5, 5.41) is 14.0. The van der Waals surface area contributed by atoms with Crippen LogP contribution >= 0.6 is 11.3 Å². The number of rotatable bonds is 6. The number of aromatic nitrogens is 1. The number of anilines is 2. The Morgan fingerprint density at radius 1 is 1.14 bits per heavy atom. The Kier molecular flexibility index (Phi) is 5.34. The molecule has 0 spiro atoms. The van der Waals surface area contributed by atoms with Gasteiger partial charge in [0.25, 0.3) is 0 Å². The summed E-state index contributed by atoms with van der Waals surface area (Å²) < 4.78 is 5.63. The molecule has 2 aromatic carbocycles. The summed E-state index contributed by atoms with van der Waals surface area (Å²) in [6.07, 6.45) is 0. The first-order valence-corrected chi connectivity index (χ1v) is 10.0. The molecule has 0 saturated carbocycles. The highest BCUT2D eigenvalue weighted by molar-refractivity contribution is 7.14. The van der Waals surface area contributed by atoms with Crippen LogP contribution in [0, 0.1) is 0 Å². The number of thiazole rings is 1. The van der Waals surface area contributed by atoms with Crippen molar-refractivity contribution in [2.75, 3.05) is 23.6 Å². The van der Waals surface area contributed by atoms with Crippen molar-refractivity contribution in [1.82, 2.24) is 4.98 Å². The van der Waals surface area contributed by atoms with Crippen molar-refractivity contribution >= 4 is 33.6 Å². The molecule has 2 heterocycles. The van der Waals surface area contributed by atoms with Crippen LogP contribution in [0.1, 0.15) is 13.8 Å². The minimum atomic E-state index is 0.581. The number of para-hydroxylation sites is 2. The first-order valence-electron chi connectivity index (χ1n) is 9.13. The van der Waals surface area contributed by atoms with Crippen molar-refractivity contribution < 1.29 is 4.74 Å². The summed E-state index contributed by atoms with van der Waals surface area (Å²) >= 11 is 1.58. The van der Waals surface area contributed by atoms with Gasteiger partial charge in [0, 0.05) is 10.9 Å². The summed E-state index contributed by atoms with van der Waals surface area (Å²) in [5.74, 6) is 0.784. The number of hydrazone groups is 2. The lowest BCUT2D eigenvalue weighted by Crippen LogP contribution is -2.19. The molecule has 1 aromatic heterocycles. The molecule has 142 valence electrons. The van der Waals surface area contributed by atoms with E-state index in [0.717, 1.165) is 39.2 Å². The van der Waals surface area contributed by atoms with E-state index in [1.807, 2.05) is 61.3 Å². The van der Waals surface area contributed by atoms with Crippen molar-refractivity contribution in [3.05, 3.63) is 60.0 Å². The average Bonchev–Trinajstić information content (AvgIpc) is 3.35. The normalized spacial score (nSPS) is 15.0. The van der Waals surface area contributed by atoms with Crippen LogP contribution in [-0.4, -0.2) is 29.6 Å². The van der Waals surface area contributed by atoms with Crippen molar-refractivity contribution in [2.45, 2.75) is 13.8 Å². The van der Waals surface area contributed by atoms with E-state index in [9.17, 15) is 0 Å². The third-order valence-corrected chi connectivity index (χ3v) is 5.12. The molecular formula is C21H21N5OS. The lowest BCUT2D eigenvalue weighted by molar-refractivity contribution is 0.342. The van der Waals surface area contributed by atoms with Crippen LogP contribution in [0.25, 0.3) is 11.3 Å². The Balaban J connectivity index is 1.48. The predicted octanol–water partition coefficient (Wildman–Crippen LogP) is 4.87. The fourth-order valence-electron chi connectivity index (χ4n) is 2.85. The molecule has 1 aliphatic rings. The van der Waals surface area contributed by atoms with Gasteiger partial charge in [0.1, 0.15) is 11.5 Å². The Morgan fingerprint density at radius 2 is 1.93 bits per heavy atom. The van der Waals surface area contributed by atoms with Crippen LogP contribution in [0.2, 0.25) is 0 Å². The van der Waals surface area contributed by atoms with Gasteiger partial charge in [0.2, 0.25) is 5.13 Å². The van der Waals surface area contributed by atoms with Gasteiger partial charge in [-0.3, -0.25) is 5.43 Å². The van der Waals surface area contributed by atoms with E-state index in [0.29, 0.717) is 13.2 Å². The van der Waals surface area contributed by atoms with E-state index in [1.54, 1.807) is 11.3 Å². The van der Waals surface area contributed by atoms with Gasteiger partial charge in [0.05, 0.1) is 30.2 Å². The third kappa shape index (κ3) is 3.89. The summed E-state index contributed by atoms with van der Waals surface area (Å²) in [5.41, 5.74) is 7.76. The molecule has 7 heteroatoms. The molecule has 0 radical (unpaired) electrons. The van der Waals surface area contributed by atoms with Crippen molar-refractivity contribution in [3.8, 4) is 17.0 Å². The maximum absolute atomic E-state index is 5.63. The van der Waals surface area contributed by atoms with Crippen LogP contribution in [0.3, 0.4) is 0 Å². The van der Waals surface area contributed by atoms with E-state index in [-0.39, 0.29) is 0 Å². The summed E-state index contributed by atoms with van der Waals surface area (Å²) in [6, 6.07) is 17.9. The quantitative estimate of drug-likeness (QED) is 0.609. The SMILES string of the molecule is CCOc1ccccc1NN=C1CN(c2nc(-c3ccccc3)cs2)N=C1C. The number of nitrogens with one attached hydrogen (secondary N) is 1. The predicted molar refractivity (Wildman–Crippen MR) is 117 cm³/mol. The highest BCUT2D eigenvalue weighted by atomic mass is 32.1. The molecule has 0 saturated heterocycles. The molecule has 3 aromatic rings. The Hall–Kier alpha value is -3.19. The Bertz CT molecular complexity index is 1010. The van der Waals surface area contributed by atoms with Crippen LogP contribution in [0.4, 0.5) is 10.8 Å². The van der Waals surface area contributed by atoms with Gasteiger partial charge in [-0.1, -0.05) is 42.5 Å². The van der Waals surface area contributed by atoms with Gasteiger partial charge in [-0.25, -0.2) is 9.99 Å². The molecule has 0 fully saturated rings. The second kappa shape index (κ2) is 8.22. The van der Waals surface area contributed by atoms with Gasteiger partial charge in [-0.05, 0) is 26.0 Å². The fourth-order valence-corrected chi connectivity index (χ4v) is 3.63. The molecule has 0 aliphatic carbocycles. The van der Waals surface area contributed by atoms with Gasteiger partial charge in [0.15, 0.2) is 0 Å². The van der Waals surface area contributed by atoms with E-state index in [4.69, 9.17) is 9.72 Å². The van der Waals surface area contributed by atoms with Crippen molar-refractivity contribution in [3.63, 3.8) is 0 Å². The standard InChI is InChI=1S/C21H21N5OS/c1-3-27-20-12-8-7-11-17(20)23-24-18-13-26(25-15(18)2)21-22-19(14-28-21)16-9-5-4-6-10-16/h4-12,14,23H,3,13H2,1-2H3. The zero-order chi connectivity index (χ0) is 19.3. The molecule has 6 nitrogen and oxygen atoms in total. The first-order chi connectivity index (χ1) is 13.7. The highest BCUT2D eigenvalue weighted by Crippen LogP contribution is 2.29. The summed E-state index contributed by atoms with van der Waals surface area (Å²) in [7, 11) is 0. The number of benzene rings is 2. The summed E-state index contributed by atoms with van der Waals surface area (Å²) in [4.78, 5) is 4.73. The lowest BCUT2D eigenvalue weighted by Gasteiger charge is -2.10. The maximum Gasteiger partial charge on any atom is 0.206 e. The molecule has 4 rings (SSSR count). The van der Waals surface area contributed by atoms with Gasteiger partial charge < -0.3 is 4.74 Å². The average molecular weight is 392 g/mol. The van der Waals surface area contributed by atoms with E-state index < -0.39 is 0 Å². The van der Waals surface area contributed by atoms with Crippen LogP contribution < -0.4 is 15.2 Å². The number of hydrogen-bond acceptors (Lipinski definition) is 7. The van der Waals surface area contributed by atoms with Crippen molar-refractivity contribution in [2.24, 2.45) is 10.2 Å². The second-order valence-electron chi connectivity index (χ2n) is 6.22. The molecule has 28 heavy (non-hydrogen) atoms. The summed E-state index contributed by atoms with van der Waals surface area (Å²) in [6.45, 7) is 5.11. The highest BCUT2D eigenvalue weighted by Gasteiger charge is 2.22. The molecule has 1 N–H and O–H groups in total. The number of hydrogen-bond donors (Lipinski definition) is 1. The van der Waals surface area contributed by atoms with Gasteiger partial charge in [-0.2, -0.15) is 10.2 Å². The smallest absolute Gasteiger partial charge is 0.206 e. The van der Waals surface area contributed by atoms with Gasteiger partial charge in [-0.15, -0.1) is 11.3 Å². The molecule has 0 bridgehead atoms. The van der Waals surface area contributed by atoms with Crippen molar-refractivity contribution in [1.29, 1.82) is 0 Å². The lowest BCUT2D eigenvalue weighted by atomic mass is 10.2. The minimum Gasteiger partial charge on any atom is -0.492 e. The number of ether oxygens (including phenoxy) is 1. The Morgan fingerprint density at radius 3 is 2.75 bits per heavy atom. The minimum absolute atomic E-state index is 0.581. The second-order valence-corrected chi connectivity index (χ2v) is 7.06. The Labute approximate surface area is 168 Å². The van der Waals surface area contributed by atoms with E-state index >= 15 is 0 Å². The topological polar surface area (TPSA) is 62.1 Å². The van der Waals surface area contributed by atoms with Crippen LogP contribution in [-0.2, 0) is 0 Å². The number of nitrogens with zero attached hydrogens (tertiary/aromatic N) is 4. The monoisotopic (exact) mass is 391 g/mol. The zero-order valence-electron chi connectivity index (χ0n) is 15.8. The fraction of sp³-hybridized carbons (Fsp3) is 0.190. The zero-order valence-corrected chi connectivity index (χ0v) is 16.6. The molecule has 0 amide bonds. The maximum atomic E-state index is 5.63. The van der Waals surface area contributed by atoms with Crippen LogP contribution in [0.5, 0.6) is 5.75 Å². The molecule has 0 unspecified atom stereocenters. The van der Waals surface area contributed by atoms with Gasteiger partial charge >= 0.3 is 0 Å². The largest absolute Gasteiger partial charge is 0.492 e.